The number of benzene rings is 2. The minimum absolute atomic E-state index is 0.0679. The largest absolute Gasteiger partial charge is 0.507 e. The predicted molar refractivity (Wildman–Crippen MR) is 145 cm³/mol. The molecule has 2 aromatic carbocycles. The highest BCUT2D eigenvalue weighted by Gasteiger charge is 2.50. The molecule has 1 N–H and O–H groups in total. The van der Waals surface area contributed by atoms with Gasteiger partial charge in [-0.25, -0.2) is 0 Å². The second kappa shape index (κ2) is 11.3. The third-order valence-corrected chi connectivity index (χ3v) is 7.40. The molecule has 0 bridgehead atoms. The second-order valence-corrected chi connectivity index (χ2v) is 10.0. The van der Waals surface area contributed by atoms with Crippen LogP contribution in [0, 0.1) is 6.92 Å². The van der Waals surface area contributed by atoms with Crippen molar-refractivity contribution in [2.45, 2.75) is 51.7 Å². The fourth-order valence-corrected chi connectivity index (χ4v) is 5.48. The van der Waals surface area contributed by atoms with Gasteiger partial charge in [-0.15, -0.1) is 0 Å². The van der Waals surface area contributed by atoms with Crippen molar-refractivity contribution in [1.82, 2.24) is 9.80 Å². The third-order valence-electron chi connectivity index (χ3n) is 7.40. The number of carbonyl (C=O) groups excluding carboxylic acids is 2. The maximum Gasteiger partial charge on any atom is 0.296 e. The Labute approximate surface area is 223 Å². The van der Waals surface area contributed by atoms with Crippen LogP contribution in [0.2, 0.25) is 0 Å². The number of hydrogen-bond donors (Lipinski definition) is 1. The van der Waals surface area contributed by atoms with Gasteiger partial charge >= 0.3 is 0 Å². The zero-order valence-electron chi connectivity index (χ0n) is 21.9. The van der Waals surface area contributed by atoms with Crippen LogP contribution in [0.15, 0.2) is 76.9 Å². The summed E-state index contributed by atoms with van der Waals surface area (Å²) < 4.78 is 11.5. The monoisotopic (exact) mass is 514 g/mol. The van der Waals surface area contributed by atoms with Crippen LogP contribution in [0.3, 0.4) is 0 Å². The van der Waals surface area contributed by atoms with Gasteiger partial charge in [-0.1, -0.05) is 37.3 Å². The lowest BCUT2D eigenvalue weighted by atomic mass is 9.96. The van der Waals surface area contributed by atoms with E-state index in [-0.39, 0.29) is 17.4 Å². The molecule has 5 rings (SSSR count). The summed E-state index contributed by atoms with van der Waals surface area (Å²) >= 11 is 0. The number of carbonyl (C=O) groups is 2. The summed E-state index contributed by atoms with van der Waals surface area (Å²) in [6.45, 7) is 7.01. The summed E-state index contributed by atoms with van der Waals surface area (Å²) in [6.07, 6.45) is 3.89. The predicted octanol–water partition coefficient (Wildman–Crippen LogP) is 5.46. The zero-order valence-corrected chi connectivity index (χ0v) is 21.9. The Morgan fingerprint density at radius 3 is 2.47 bits per heavy atom. The van der Waals surface area contributed by atoms with Crippen LogP contribution in [0.5, 0.6) is 5.75 Å². The van der Waals surface area contributed by atoms with E-state index in [1.165, 1.54) is 11.8 Å². The van der Waals surface area contributed by atoms with Crippen molar-refractivity contribution < 1.29 is 23.8 Å². The second-order valence-electron chi connectivity index (χ2n) is 10.0. The zero-order chi connectivity index (χ0) is 26.6. The minimum atomic E-state index is -0.771. The summed E-state index contributed by atoms with van der Waals surface area (Å²) in [5.41, 5.74) is 2.64. The Kier molecular flexibility index (Phi) is 7.65. The molecule has 0 aliphatic carbocycles. The molecular weight excluding hydrogens is 480 g/mol. The molecule has 1 aromatic heterocycles. The van der Waals surface area contributed by atoms with Gasteiger partial charge in [0.1, 0.15) is 23.3 Å². The molecule has 0 radical (unpaired) electrons. The highest BCUT2D eigenvalue weighted by molar-refractivity contribution is 6.46. The number of ketones is 1. The van der Waals surface area contributed by atoms with Crippen LogP contribution in [0.25, 0.3) is 5.76 Å². The van der Waals surface area contributed by atoms with E-state index in [1.54, 1.807) is 35.2 Å². The molecule has 1 atom stereocenters. The summed E-state index contributed by atoms with van der Waals surface area (Å²) in [7, 11) is 0. The van der Waals surface area contributed by atoms with Crippen molar-refractivity contribution in [2.75, 3.05) is 19.7 Å². The van der Waals surface area contributed by atoms with Crippen molar-refractivity contribution in [2.24, 2.45) is 0 Å². The first-order chi connectivity index (χ1) is 18.5. The molecule has 7 heteroatoms. The van der Waals surface area contributed by atoms with Gasteiger partial charge in [0.15, 0.2) is 0 Å². The van der Waals surface area contributed by atoms with Gasteiger partial charge in [-0.2, -0.15) is 0 Å². The molecule has 1 unspecified atom stereocenters. The van der Waals surface area contributed by atoms with Gasteiger partial charge in [0.2, 0.25) is 0 Å². The molecule has 1 amide bonds. The number of aryl methyl sites for hydroxylation is 1. The van der Waals surface area contributed by atoms with Crippen LogP contribution < -0.4 is 4.74 Å². The first kappa shape index (κ1) is 25.8. The lowest BCUT2D eigenvalue weighted by molar-refractivity contribution is -0.142. The average molecular weight is 515 g/mol. The summed E-state index contributed by atoms with van der Waals surface area (Å²) in [6, 6.07) is 18.2. The number of rotatable bonds is 8. The van der Waals surface area contributed by atoms with Crippen LogP contribution in [0.4, 0.5) is 0 Å². The molecule has 2 fully saturated rings. The number of Topliss-reactive ketones (excluding diaryl/α,β-unsaturated/α-hetero) is 1. The number of amides is 1. The molecule has 198 valence electrons. The number of aliphatic hydroxyl groups is 1. The van der Waals surface area contributed by atoms with Crippen LogP contribution >= 0.6 is 0 Å². The molecule has 3 aromatic rings. The van der Waals surface area contributed by atoms with E-state index in [4.69, 9.17) is 9.15 Å². The fourth-order valence-electron chi connectivity index (χ4n) is 5.48. The Morgan fingerprint density at radius 1 is 1.05 bits per heavy atom. The third kappa shape index (κ3) is 5.11. The maximum absolute atomic E-state index is 13.4. The molecule has 2 saturated heterocycles. The van der Waals surface area contributed by atoms with E-state index in [0.29, 0.717) is 17.9 Å². The molecule has 38 heavy (non-hydrogen) atoms. The number of hydrogen-bond acceptors (Lipinski definition) is 6. The number of aliphatic hydroxyl groups excluding tert-OH is 1. The quantitative estimate of drug-likeness (QED) is 0.244. The van der Waals surface area contributed by atoms with Crippen molar-refractivity contribution in [3.63, 3.8) is 0 Å². The first-order valence-electron chi connectivity index (χ1n) is 13.3. The van der Waals surface area contributed by atoms with E-state index in [1.807, 2.05) is 32.0 Å². The minimum Gasteiger partial charge on any atom is -0.507 e. The molecule has 0 saturated carbocycles. The van der Waals surface area contributed by atoms with E-state index in [2.05, 4.69) is 17.0 Å². The van der Waals surface area contributed by atoms with E-state index in [9.17, 15) is 14.7 Å². The van der Waals surface area contributed by atoms with E-state index >= 15 is 0 Å². The standard InChI is InChI=1S/C31H34N2O5/c1-3-17-37-25-12-11-23(19-21(25)2)29(34)27-28(26-10-7-18-38-26)33(31(36)30(27)35)24-13-15-32(16-14-24)20-22-8-5-4-6-9-22/h4-12,18-19,24,28,34H,3,13-17,20H2,1-2H3/b29-27-. The average Bonchev–Trinajstić information content (AvgIpc) is 3.55. The SMILES string of the molecule is CCCOc1ccc(/C(O)=C2/C(=O)C(=O)N(C3CCN(Cc4ccccc4)CC3)C2c2ccco2)cc1C. The Hall–Kier alpha value is -3.84. The van der Waals surface area contributed by atoms with Gasteiger partial charge in [0.25, 0.3) is 11.7 Å². The van der Waals surface area contributed by atoms with Crippen LogP contribution in [0.1, 0.15) is 54.7 Å². The van der Waals surface area contributed by atoms with Gasteiger partial charge in [0.05, 0.1) is 18.4 Å². The molecular formula is C31H34N2O5. The Balaban J connectivity index is 1.42. The van der Waals surface area contributed by atoms with Crippen molar-refractivity contribution in [1.29, 1.82) is 0 Å². The highest BCUT2D eigenvalue weighted by Crippen LogP contribution is 2.42. The van der Waals surface area contributed by atoms with Crippen LogP contribution in [-0.4, -0.2) is 52.3 Å². The molecule has 2 aliphatic rings. The van der Waals surface area contributed by atoms with Gasteiger partial charge < -0.3 is 19.2 Å². The van der Waals surface area contributed by atoms with E-state index < -0.39 is 17.7 Å². The molecule has 7 nitrogen and oxygen atoms in total. The summed E-state index contributed by atoms with van der Waals surface area (Å²) in [5, 5.41) is 11.4. The van der Waals surface area contributed by atoms with Gasteiger partial charge in [0, 0.05) is 31.2 Å². The lowest BCUT2D eigenvalue weighted by Gasteiger charge is -2.38. The summed E-state index contributed by atoms with van der Waals surface area (Å²) in [4.78, 5) is 30.8. The van der Waals surface area contributed by atoms with Crippen molar-refractivity contribution >= 4 is 17.4 Å². The van der Waals surface area contributed by atoms with Crippen molar-refractivity contribution in [3.05, 3.63) is 95.0 Å². The number of nitrogens with zero attached hydrogens (tertiary/aromatic N) is 2. The van der Waals surface area contributed by atoms with Crippen molar-refractivity contribution in [3.8, 4) is 5.75 Å². The first-order valence-corrected chi connectivity index (χ1v) is 13.3. The smallest absolute Gasteiger partial charge is 0.296 e. The van der Waals surface area contributed by atoms with E-state index in [0.717, 1.165) is 50.2 Å². The number of piperidine rings is 1. The number of furan rings is 1. The molecule has 0 spiro atoms. The molecule has 2 aliphatic heterocycles. The normalized spacial score (nSPS) is 20.3. The topological polar surface area (TPSA) is 83.2 Å². The lowest BCUT2D eigenvalue weighted by Crippen LogP contribution is -2.46. The van der Waals surface area contributed by atoms with Gasteiger partial charge in [-0.3, -0.25) is 14.5 Å². The Morgan fingerprint density at radius 2 is 1.82 bits per heavy atom. The highest BCUT2D eigenvalue weighted by atomic mass is 16.5. The Bertz CT molecular complexity index is 1310. The number of ether oxygens (including phenoxy) is 1. The van der Waals surface area contributed by atoms with Gasteiger partial charge in [-0.05, 0) is 67.6 Å². The fraction of sp³-hybridized carbons (Fsp3) is 0.355. The molecule has 3 heterocycles. The van der Waals surface area contributed by atoms with Crippen LogP contribution in [-0.2, 0) is 16.1 Å². The summed E-state index contributed by atoms with van der Waals surface area (Å²) in [5.74, 6) is -0.265. The number of likely N-dealkylation sites (tertiary alicyclic amines) is 2. The maximum atomic E-state index is 13.4.